The maximum atomic E-state index is 12.6. The number of aliphatic hydroxyl groups excluding tert-OH is 1. The second-order valence-electron chi connectivity index (χ2n) is 4.65. The Balaban J connectivity index is 2.41. The number of carbonyl (C=O) groups excluding carboxylic acids is 1. The lowest BCUT2D eigenvalue weighted by molar-refractivity contribution is 0.0596. The highest BCUT2D eigenvalue weighted by molar-refractivity contribution is 7.89. The van der Waals surface area contributed by atoms with E-state index in [1.165, 1.54) is 23.5 Å². The fraction of sp³-hybridized carbons (Fsp3) is 0.462. The van der Waals surface area contributed by atoms with E-state index in [1.807, 2.05) is 0 Å². The van der Waals surface area contributed by atoms with Gasteiger partial charge in [0.05, 0.1) is 23.7 Å². The van der Waals surface area contributed by atoms with Gasteiger partial charge in [0.1, 0.15) is 0 Å². The minimum absolute atomic E-state index is 0.00932. The molecule has 1 N–H and O–H groups in total. The number of piperidine rings is 1. The Kier molecular flexibility index (Phi) is 4.42. The van der Waals surface area contributed by atoms with E-state index in [0.29, 0.717) is 19.4 Å². The van der Waals surface area contributed by atoms with E-state index in [-0.39, 0.29) is 17.0 Å². The number of aliphatic hydroxyl groups is 1. The second kappa shape index (κ2) is 5.90. The van der Waals surface area contributed by atoms with Gasteiger partial charge in [0.15, 0.2) is 0 Å². The molecule has 1 saturated heterocycles. The van der Waals surface area contributed by atoms with Gasteiger partial charge in [-0.15, -0.1) is 0 Å². The summed E-state index contributed by atoms with van der Waals surface area (Å²) < 4.78 is 31.0. The molecule has 0 spiro atoms. The number of ether oxygens (including phenoxy) is 1. The number of benzene rings is 1. The van der Waals surface area contributed by atoms with Crippen LogP contribution in [0, 0.1) is 0 Å². The van der Waals surface area contributed by atoms with Gasteiger partial charge < -0.3 is 9.84 Å². The van der Waals surface area contributed by atoms with E-state index in [9.17, 15) is 18.3 Å². The number of hydrogen-bond donors (Lipinski definition) is 1. The molecule has 0 radical (unpaired) electrons. The van der Waals surface area contributed by atoms with Crippen molar-refractivity contribution in [1.29, 1.82) is 0 Å². The lowest BCUT2D eigenvalue weighted by Crippen LogP contribution is -2.42. The van der Waals surface area contributed by atoms with Crippen LogP contribution in [0.1, 0.15) is 23.2 Å². The lowest BCUT2D eigenvalue weighted by Gasteiger charge is -2.29. The molecule has 0 amide bonds. The molecule has 2 rings (SSSR count). The molecule has 1 aromatic carbocycles. The van der Waals surface area contributed by atoms with Gasteiger partial charge >= 0.3 is 5.97 Å². The zero-order valence-electron chi connectivity index (χ0n) is 11.2. The molecule has 1 atom stereocenters. The predicted molar refractivity (Wildman–Crippen MR) is 71.8 cm³/mol. The molecule has 20 heavy (non-hydrogen) atoms. The number of nitrogens with zero attached hydrogens (tertiary/aromatic N) is 1. The second-order valence-corrected chi connectivity index (χ2v) is 6.55. The van der Waals surface area contributed by atoms with Crippen LogP contribution in [0.3, 0.4) is 0 Å². The van der Waals surface area contributed by atoms with Gasteiger partial charge in [0.2, 0.25) is 10.0 Å². The minimum Gasteiger partial charge on any atom is -0.465 e. The van der Waals surface area contributed by atoms with Gasteiger partial charge in [-0.1, -0.05) is 12.1 Å². The Morgan fingerprint density at radius 3 is 2.75 bits per heavy atom. The topological polar surface area (TPSA) is 83.9 Å². The van der Waals surface area contributed by atoms with Crippen LogP contribution in [0.4, 0.5) is 0 Å². The van der Waals surface area contributed by atoms with Crippen molar-refractivity contribution in [3.8, 4) is 0 Å². The van der Waals surface area contributed by atoms with E-state index in [4.69, 9.17) is 0 Å². The third-order valence-corrected chi connectivity index (χ3v) is 5.19. The van der Waals surface area contributed by atoms with E-state index >= 15 is 0 Å². The summed E-state index contributed by atoms with van der Waals surface area (Å²) in [5.74, 6) is -0.693. The zero-order chi connectivity index (χ0) is 14.8. The SMILES string of the molecule is COC(=O)c1ccccc1S(=O)(=O)N1CCCC(O)C1. The molecule has 7 heteroatoms. The van der Waals surface area contributed by atoms with Gasteiger partial charge in [-0.2, -0.15) is 4.31 Å². The Hall–Kier alpha value is -1.44. The summed E-state index contributed by atoms with van der Waals surface area (Å²) in [6.07, 6.45) is 0.523. The standard InChI is InChI=1S/C13H17NO5S/c1-19-13(16)11-6-2-3-7-12(11)20(17,18)14-8-4-5-10(15)9-14/h2-3,6-7,10,15H,4-5,8-9H2,1H3. The molecule has 1 unspecified atom stereocenters. The molecule has 1 fully saturated rings. The van der Waals surface area contributed by atoms with Crippen LogP contribution in [-0.4, -0.2) is 50.1 Å². The van der Waals surface area contributed by atoms with Crippen LogP contribution in [0.25, 0.3) is 0 Å². The molecular formula is C13H17NO5S. The Bertz CT molecular complexity index is 599. The third kappa shape index (κ3) is 2.84. The molecule has 0 bridgehead atoms. The zero-order valence-corrected chi connectivity index (χ0v) is 12.0. The number of methoxy groups -OCH3 is 1. The lowest BCUT2D eigenvalue weighted by atomic mass is 10.1. The third-order valence-electron chi connectivity index (χ3n) is 3.27. The van der Waals surface area contributed by atoms with Crippen molar-refractivity contribution in [2.45, 2.75) is 23.8 Å². The maximum Gasteiger partial charge on any atom is 0.339 e. The fourth-order valence-corrected chi connectivity index (χ4v) is 3.94. The first kappa shape index (κ1) is 15.0. The highest BCUT2D eigenvalue weighted by Gasteiger charge is 2.32. The number of rotatable bonds is 3. The summed E-state index contributed by atoms with van der Waals surface area (Å²) in [6.45, 7) is 0.396. The van der Waals surface area contributed by atoms with Crippen LogP contribution < -0.4 is 0 Å². The molecule has 1 aliphatic rings. The smallest absolute Gasteiger partial charge is 0.339 e. The van der Waals surface area contributed by atoms with E-state index in [1.54, 1.807) is 12.1 Å². The van der Waals surface area contributed by atoms with Crippen LogP contribution in [0.5, 0.6) is 0 Å². The van der Waals surface area contributed by atoms with Crippen LogP contribution in [-0.2, 0) is 14.8 Å². The summed E-state index contributed by atoms with van der Waals surface area (Å²) in [5.41, 5.74) is 0.00932. The summed E-state index contributed by atoms with van der Waals surface area (Å²) in [6, 6.07) is 5.93. The van der Waals surface area contributed by atoms with Gasteiger partial charge in [-0.05, 0) is 25.0 Å². The van der Waals surface area contributed by atoms with Crippen LogP contribution >= 0.6 is 0 Å². The van der Waals surface area contributed by atoms with Gasteiger partial charge in [0, 0.05) is 13.1 Å². The molecule has 0 aliphatic carbocycles. The maximum absolute atomic E-state index is 12.6. The van der Waals surface area contributed by atoms with Crippen molar-refractivity contribution >= 4 is 16.0 Å². The summed E-state index contributed by atoms with van der Waals surface area (Å²) in [4.78, 5) is 11.6. The van der Waals surface area contributed by atoms with Crippen LogP contribution in [0.2, 0.25) is 0 Å². The normalized spacial score (nSPS) is 20.6. The van der Waals surface area contributed by atoms with Crippen LogP contribution in [0.15, 0.2) is 29.2 Å². The van der Waals surface area contributed by atoms with Gasteiger partial charge in [-0.25, -0.2) is 13.2 Å². The van der Waals surface area contributed by atoms with Gasteiger partial charge in [-0.3, -0.25) is 0 Å². The average molecular weight is 299 g/mol. The molecule has 0 aromatic heterocycles. The highest BCUT2D eigenvalue weighted by atomic mass is 32.2. The Labute approximate surface area is 118 Å². The molecule has 1 aliphatic heterocycles. The number of esters is 1. The molecule has 0 saturated carbocycles. The minimum atomic E-state index is -3.81. The van der Waals surface area contributed by atoms with Crippen molar-refractivity contribution in [2.24, 2.45) is 0 Å². The quantitative estimate of drug-likeness (QED) is 0.827. The summed E-state index contributed by atoms with van der Waals surface area (Å²) in [5, 5.41) is 9.62. The van der Waals surface area contributed by atoms with E-state index in [0.717, 1.165) is 0 Å². The predicted octanol–water partition coefficient (Wildman–Crippen LogP) is 0.619. The number of carbonyl (C=O) groups is 1. The molecule has 1 heterocycles. The summed E-state index contributed by atoms with van der Waals surface area (Å²) >= 11 is 0. The number of sulfonamides is 1. The largest absolute Gasteiger partial charge is 0.465 e. The molecule has 110 valence electrons. The number of hydrogen-bond acceptors (Lipinski definition) is 5. The Morgan fingerprint density at radius 2 is 2.10 bits per heavy atom. The van der Waals surface area contributed by atoms with Crippen molar-refractivity contribution < 1.29 is 23.1 Å². The molecular weight excluding hydrogens is 282 g/mol. The first-order chi connectivity index (χ1) is 9.46. The fourth-order valence-electron chi connectivity index (χ4n) is 2.25. The highest BCUT2D eigenvalue weighted by Crippen LogP contribution is 2.24. The van der Waals surface area contributed by atoms with Crippen molar-refractivity contribution in [1.82, 2.24) is 4.31 Å². The average Bonchev–Trinajstić information content (AvgIpc) is 2.46. The van der Waals surface area contributed by atoms with E-state index < -0.39 is 22.1 Å². The monoisotopic (exact) mass is 299 g/mol. The summed E-state index contributed by atoms with van der Waals surface area (Å²) in [7, 11) is -2.60. The molecule has 1 aromatic rings. The first-order valence-corrected chi connectivity index (χ1v) is 7.76. The number of β-amino-alcohol motifs (C(OH)–C–C–N with tert-alkyl or cyclic N) is 1. The van der Waals surface area contributed by atoms with Crippen molar-refractivity contribution in [3.05, 3.63) is 29.8 Å². The van der Waals surface area contributed by atoms with E-state index in [2.05, 4.69) is 4.74 Å². The van der Waals surface area contributed by atoms with Gasteiger partial charge in [0.25, 0.3) is 0 Å². The first-order valence-electron chi connectivity index (χ1n) is 6.32. The Morgan fingerprint density at radius 1 is 1.40 bits per heavy atom. The molecule has 6 nitrogen and oxygen atoms in total. The van der Waals surface area contributed by atoms with Crippen molar-refractivity contribution in [2.75, 3.05) is 20.2 Å². The van der Waals surface area contributed by atoms with Crippen molar-refractivity contribution in [3.63, 3.8) is 0 Å².